The fourth-order valence-electron chi connectivity index (χ4n) is 6.09. The number of likely N-dealkylation sites (tertiary alicyclic amines) is 1. The predicted molar refractivity (Wildman–Crippen MR) is 161 cm³/mol. The molecule has 8 heteroatoms. The van der Waals surface area contributed by atoms with Crippen LogP contribution in [-0.2, 0) is 20.9 Å². The minimum Gasteiger partial charge on any atom is -0.331 e. The molecule has 1 N–H and O–H groups in total. The number of rotatable bonds is 8. The third-order valence-corrected chi connectivity index (χ3v) is 9.10. The molecule has 0 spiro atoms. The molecule has 2 fully saturated rings. The molecule has 5 rings (SSSR count). The van der Waals surface area contributed by atoms with Crippen LogP contribution < -0.4 is 5.32 Å². The molecule has 40 heavy (non-hydrogen) atoms. The first-order chi connectivity index (χ1) is 19.4. The molecule has 3 heterocycles. The van der Waals surface area contributed by atoms with Crippen LogP contribution in [0, 0.1) is 6.92 Å². The van der Waals surface area contributed by atoms with Crippen molar-refractivity contribution in [2.45, 2.75) is 70.5 Å². The number of aromatic nitrogens is 1. The van der Waals surface area contributed by atoms with Gasteiger partial charge in [-0.1, -0.05) is 61.9 Å². The van der Waals surface area contributed by atoms with E-state index >= 15 is 0 Å². The van der Waals surface area contributed by atoms with Crippen molar-refractivity contribution in [2.75, 3.05) is 20.1 Å². The van der Waals surface area contributed by atoms with E-state index in [1.807, 2.05) is 38.6 Å². The highest BCUT2D eigenvalue weighted by Gasteiger charge is 2.53. The molecule has 1 unspecified atom stereocenters. The first-order valence-electron chi connectivity index (χ1n) is 14.1. The topological polar surface area (TPSA) is 82.6 Å². The van der Waals surface area contributed by atoms with Gasteiger partial charge in [0.15, 0.2) is 0 Å². The molecule has 2 aliphatic heterocycles. The number of benzene rings is 1. The summed E-state index contributed by atoms with van der Waals surface area (Å²) in [7, 11) is 1.96. The van der Waals surface area contributed by atoms with Gasteiger partial charge in [0.1, 0.15) is 11.8 Å². The van der Waals surface area contributed by atoms with Crippen LogP contribution in [0.1, 0.15) is 56.7 Å². The highest BCUT2D eigenvalue weighted by atomic mass is 32.1. The average molecular weight is 561 g/mol. The lowest BCUT2D eigenvalue weighted by Gasteiger charge is -2.41. The molecule has 2 amide bonds. The fraction of sp³-hybridized carbons (Fsp3) is 0.438. The van der Waals surface area contributed by atoms with Crippen LogP contribution in [0.3, 0.4) is 0 Å². The number of carbonyl (C=O) groups is 3. The normalized spacial score (nSPS) is 20.3. The monoisotopic (exact) mass is 560 g/mol. The molecule has 212 valence electrons. The Morgan fingerprint density at radius 3 is 2.52 bits per heavy atom. The van der Waals surface area contributed by atoms with Crippen molar-refractivity contribution in [3.63, 3.8) is 0 Å². The van der Waals surface area contributed by atoms with Gasteiger partial charge in [0.25, 0.3) is 5.91 Å². The quantitative estimate of drug-likeness (QED) is 0.447. The number of amides is 2. The number of allylic oxidation sites excluding steroid dienone is 1. The fourth-order valence-corrected chi connectivity index (χ4v) is 6.90. The zero-order valence-electron chi connectivity index (χ0n) is 23.8. The van der Waals surface area contributed by atoms with E-state index in [-0.39, 0.29) is 17.9 Å². The van der Waals surface area contributed by atoms with Gasteiger partial charge in [0.2, 0.25) is 5.91 Å². The van der Waals surface area contributed by atoms with E-state index in [4.69, 9.17) is 0 Å². The molecule has 7 nitrogen and oxygen atoms in total. The SMILES string of the molecule is C=CC1=C(/C=C\C)CN(C2(C(=O)N3CCCC3C=O)CCCC2)C1=O.CNCc1ccc(-c2scnc2C)cc1. The van der Waals surface area contributed by atoms with Crippen LogP contribution in [0.4, 0.5) is 0 Å². The van der Waals surface area contributed by atoms with E-state index in [1.165, 1.54) is 16.0 Å². The molecule has 3 aliphatic rings. The number of nitrogens with zero attached hydrogens (tertiary/aromatic N) is 3. The summed E-state index contributed by atoms with van der Waals surface area (Å²) in [6, 6.07) is 8.29. The highest BCUT2D eigenvalue weighted by Crippen LogP contribution is 2.42. The van der Waals surface area contributed by atoms with Crippen molar-refractivity contribution in [2.24, 2.45) is 0 Å². The van der Waals surface area contributed by atoms with Crippen molar-refractivity contribution in [3.05, 3.63) is 77.0 Å². The summed E-state index contributed by atoms with van der Waals surface area (Å²) in [6.07, 6.45) is 11.1. The number of hydrogen-bond acceptors (Lipinski definition) is 6. The van der Waals surface area contributed by atoms with Crippen molar-refractivity contribution in [1.82, 2.24) is 20.1 Å². The highest BCUT2D eigenvalue weighted by molar-refractivity contribution is 7.13. The molecule has 1 saturated heterocycles. The van der Waals surface area contributed by atoms with Gasteiger partial charge in [-0.05, 0) is 63.3 Å². The third-order valence-electron chi connectivity index (χ3n) is 8.13. The van der Waals surface area contributed by atoms with Gasteiger partial charge < -0.3 is 19.9 Å². The van der Waals surface area contributed by atoms with Gasteiger partial charge in [-0.25, -0.2) is 4.98 Å². The first-order valence-corrected chi connectivity index (χ1v) is 15.0. The molecule has 1 atom stereocenters. The molecule has 0 radical (unpaired) electrons. The molecule has 1 aromatic carbocycles. The number of nitrogens with one attached hydrogen (secondary N) is 1. The van der Waals surface area contributed by atoms with E-state index in [1.54, 1.807) is 27.2 Å². The third kappa shape index (κ3) is 5.88. The summed E-state index contributed by atoms with van der Waals surface area (Å²) in [4.78, 5) is 46.8. The lowest BCUT2D eigenvalue weighted by Crippen LogP contribution is -2.60. The summed E-state index contributed by atoms with van der Waals surface area (Å²) in [5.74, 6) is -0.154. The molecular weight excluding hydrogens is 520 g/mol. The second-order valence-electron chi connectivity index (χ2n) is 10.6. The maximum absolute atomic E-state index is 13.4. The van der Waals surface area contributed by atoms with E-state index in [2.05, 4.69) is 41.1 Å². The van der Waals surface area contributed by atoms with Crippen LogP contribution in [0.2, 0.25) is 0 Å². The predicted octanol–water partition coefficient (Wildman–Crippen LogP) is 5.23. The lowest BCUT2D eigenvalue weighted by molar-refractivity contribution is -0.152. The van der Waals surface area contributed by atoms with Gasteiger partial charge in [-0.15, -0.1) is 11.3 Å². The Hall–Kier alpha value is -3.36. The van der Waals surface area contributed by atoms with Crippen LogP contribution >= 0.6 is 11.3 Å². The molecule has 1 aliphatic carbocycles. The lowest BCUT2D eigenvalue weighted by atomic mass is 9.92. The molecule has 2 aromatic rings. The van der Waals surface area contributed by atoms with E-state index in [9.17, 15) is 14.4 Å². The summed E-state index contributed by atoms with van der Waals surface area (Å²) in [5, 5.41) is 3.14. The summed E-state index contributed by atoms with van der Waals surface area (Å²) in [6.45, 7) is 9.70. The number of aryl methyl sites for hydroxylation is 1. The smallest absolute Gasteiger partial charge is 0.255 e. The Kier molecular flexibility index (Phi) is 9.87. The Morgan fingerprint density at radius 2 is 1.95 bits per heavy atom. The maximum Gasteiger partial charge on any atom is 0.255 e. The van der Waals surface area contributed by atoms with Gasteiger partial charge in [-0.2, -0.15) is 0 Å². The Morgan fingerprint density at radius 1 is 1.23 bits per heavy atom. The van der Waals surface area contributed by atoms with Crippen molar-refractivity contribution < 1.29 is 14.4 Å². The number of thiazole rings is 1. The molecule has 0 bridgehead atoms. The van der Waals surface area contributed by atoms with Crippen molar-refractivity contribution in [1.29, 1.82) is 0 Å². The van der Waals surface area contributed by atoms with Gasteiger partial charge in [0.05, 0.1) is 22.1 Å². The second kappa shape index (κ2) is 13.3. The number of carbonyl (C=O) groups excluding carboxylic acids is 3. The first kappa shape index (κ1) is 29.6. The van der Waals surface area contributed by atoms with Crippen molar-refractivity contribution >= 4 is 29.4 Å². The number of hydrogen-bond donors (Lipinski definition) is 1. The van der Waals surface area contributed by atoms with Crippen LogP contribution in [0.15, 0.2) is 65.7 Å². The largest absolute Gasteiger partial charge is 0.331 e. The van der Waals surface area contributed by atoms with E-state index < -0.39 is 5.54 Å². The van der Waals surface area contributed by atoms with E-state index in [0.717, 1.165) is 49.8 Å². The van der Waals surface area contributed by atoms with Crippen LogP contribution in [0.25, 0.3) is 10.4 Å². The summed E-state index contributed by atoms with van der Waals surface area (Å²) >= 11 is 1.70. The minimum absolute atomic E-state index is 0.0434. The van der Waals surface area contributed by atoms with Gasteiger partial charge in [0, 0.05) is 25.2 Å². The van der Waals surface area contributed by atoms with E-state index in [0.29, 0.717) is 31.5 Å². The maximum atomic E-state index is 13.4. The number of aldehydes is 1. The Bertz CT molecular complexity index is 1290. The van der Waals surface area contributed by atoms with Crippen molar-refractivity contribution in [3.8, 4) is 10.4 Å². The summed E-state index contributed by atoms with van der Waals surface area (Å²) in [5.41, 5.74) is 6.27. The standard InChI is InChI=1S/C20H26N2O3.C12H14N2S/c1-3-8-15-13-22(18(24)17(15)4-2)20(10-5-6-11-20)19(25)21-12-7-9-16(21)14-23;1-9-12(15-8-14-9)11-5-3-10(4-6-11)7-13-2/h3-4,8,14,16H,2,5-7,9-13H2,1H3;3-6,8,13H,7H2,1-2H3/b8-3-;. The van der Waals surface area contributed by atoms with Crippen LogP contribution in [0.5, 0.6) is 0 Å². The Labute approximate surface area is 241 Å². The minimum atomic E-state index is -0.805. The molecule has 1 saturated carbocycles. The second-order valence-corrected chi connectivity index (χ2v) is 11.5. The summed E-state index contributed by atoms with van der Waals surface area (Å²) < 4.78 is 0. The van der Waals surface area contributed by atoms with Crippen LogP contribution in [-0.4, -0.2) is 64.6 Å². The van der Waals surface area contributed by atoms with Gasteiger partial charge in [-0.3, -0.25) is 9.59 Å². The van der Waals surface area contributed by atoms with Gasteiger partial charge >= 0.3 is 0 Å². The Balaban J connectivity index is 0.000000210. The zero-order chi connectivity index (χ0) is 28.7. The average Bonchev–Trinajstić information content (AvgIpc) is 3.77. The zero-order valence-corrected chi connectivity index (χ0v) is 24.6. The molecule has 1 aromatic heterocycles. The molecular formula is C32H40N4O3S.